The molecule has 1 aliphatic carbocycles. The first-order valence-corrected chi connectivity index (χ1v) is 7.64. The van der Waals surface area contributed by atoms with E-state index >= 15 is 0 Å². The zero-order valence-electron chi connectivity index (χ0n) is 12.6. The Hall–Kier alpha value is -0.770. The number of nitrogens with zero attached hydrogens (tertiary/aromatic N) is 1. The molecule has 21 heavy (non-hydrogen) atoms. The normalized spacial score (nSPS) is 23.0. The van der Waals surface area contributed by atoms with Crippen LogP contribution in [-0.4, -0.2) is 23.9 Å². The van der Waals surface area contributed by atoms with Crippen LogP contribution in [0.15, 0.2) is 24.3 Å². The van der Waals surface area contributed by atoms with Crippen molar-refractivity contribution < 1.29 is 4.79 Å². The average Bonchev–Trinajstić information content (AvgIpc) is 2.46. The van der Waals surface area contributed by atoms with Crippen LogP contribution in [0.4, 0.5) is 0 Å². The summed E-state index contributed by atoms with van der Waals surface area (Å²) >= 11 is 5.90. The lowest BCUT2D eigenvalue weighted by atomic mass is 9.85. The number of halogens is 2. The van der Waals surface area contributed by atoms with E-state index in [0.717, 1.165) is 31.2 Å². The average molecular weight is 331 g/mol. The van der Waals surface area contributed by atoms with Gasteiger partial charge in [-0.3, -0.25) is 4.79 Å². The predicted molar refractivity (Wildman–Crippen MR) is 89.8 cm³/mol. The van der Waals surface area contributed by atoms with E-state index in [0.29, 0.717) is 5.02 Å². The molecular formula is C16H24Cl2N2O. The van der Waals surface area contributed by atoms with Gasteiger partial charge in [0.05, 0.1) is 6.04 Å². The molecule has 1 saturated carbocycles. The van der Waals surface area contributed by atoms with Crippen molar-refractivity contribution in [1.82, 2.24) is 4.90 Å². The van der Waals surface area contributed by atoms with Crippen LogP contribution in [0, 0.1) is 5.92 Å². The molecule has 0 bridgehead atoms. The smallest absolute Gasteiger partial charge is 0.225 e. The highest BCUT2D eigenvalue weighted by molar-refractivity contribution is 6.30. The van der Waals surface area contributed by atoms with Gasteiger partial charge >= 0.3 is 0 Å². The molecule has 0 radical (unpaired) electrons. The molecule has 0 aliphatic heterocycles. The van der Waals surface area contributed by atoms with Crippen molar-refractivity contribution in [3.8, 4) is 0 Å². The van der Waals surface area contributed by atoms with Crippen molar-refractivity contribution in [1.29, 1.82) is 0 Å². The van der Waals surface area contributed by atoms with Crippen molar-refractivity contribution in [2.24, 2.45) is 11.7 Å². The summed E-state index contributed by atoms with van der Waals surface area (Å²) in [7, 11) is 1.88. The summed E-state index contributed by atoms with van der Waals surface area (Å²) in [5, 5.41) is 0.716. The molecule has 1 aromatic carbocycles. The second-order valence-corrected chi connectivity index (χ2v) is 6.24. The van der Waals surface area contributed by atoms with Crippen LogP contribution in [0.5, 0.6) is 0 Å². The molecule has 3 atom stereocenters. The van der Waals surface area contributed by atoms with E-state index < -0.39 is 0 Å². The van der Waals surface area contributed by atoms with Crippen molar-refractivity contribution in [2.45, 2.75) is 44.7 Å². The highest BCUT2D eigenvalue weighted by Gasteiger charge is 2.29. The molecule has 1 aromatic rings. The van der Waals surface area contributed by atoms with Gasteiger partial charge in [-0.2, -0.15) is 0 Å². The third-order valence-corrected chi connectivity index (χ3v) is 4.60. The summed E-state index contributed by atoms with van der Waals surface area (Å²) < 4.78 is 0. The van der Waals surface area contributed by atoms with E-state index in [1.165, 1.54) is 0 Å². The summed E-state index contributed by atoms with van der Waals surface area (Å²) in [6, 6.07) is 7.91. The summed E-state index contributed by atoms with van der Waals surface area (Å²) in [4.78, 5) is 14.4. The lowest BCUT2D eigenvalue weighted by molar-refractivity contribution is -0.137. The fourth-order valence-corrected chi connectivity index (χ4v) is 3.02. The summed E-state index contributed by atoms with van der Waals surface area (Å²) in [6.45, 7) is 2.05. The number of carbonyl (C=O) groups is 1. The molecule has 1 aliphatic rings. The number of nitrogens with two attached hydrogens (primary N) is 1. The fourth-order valence-electron chi connectivity index (χ4n) is 2.90. The predicted octanol–water partition coefficient (Wildman–Crippen LogP) is 3.80. The molecule has 2 N–H and O–H groups in total. The van der Waals surface area contributed by atoms with Crippen molar-refractivity contribution in [2.75, 3.05) is 7.05 Å². The fraction of sp³-hybridized carbons (Fsp3) is 0.562. The molecule has 2 rings (SSSR count). The van der Waals surface area contributed by atoms with Crippen LogP contribution < -0.4 is 5.73 Å². The van der Waals surface area contributed by atoms with Gasteiger partial charge in [-0.25, -0.2) is 0 Å². The number of hydrogen-bond donors (Lipinski definition) is 1. The Bertz CT molecular complexity index is 464. The van der Waals surface area contributed by atoms with Gasteiger partial charge < -0.3 is 10.6 Å². The molecule has 1 amide bonds. The Morgan fingerprint density at radius 1 is 1.33 bits per heavy atom. The van der Waals surface area contributed by atoms with Gasteiger partial charge in [-0.05, 0) is 43.9 Å². The Kier molecular flexibility index (Phi) is 6.98. The van der Waals surface area contributed by atoms with Crippen molar-refractivity contribution >= 4 is 29.9 Å². The third kappa shape index (κ3) is 4.60. The lowest BCUT2D eigenvalue weighted by Gasteiger charge is -2.32. The van der Waals surface area contributed by atoms with E-state index in [-0.39, 0.29) is 36.3 Å². The van der Waals surface area contributed by atoms with Gasteiger partial charge in [0.2, 0.25) is 5.91 Å². The van der Waals surface area contributed by atoms with E-state index in [1.807, 2.05) is 43.1 Å². The molecule has 0 heterocycles. The van der Waals surface area contributed by atoms with E-state index in [2.05, 4.69) is 0 Å². The first-order valence-electron chi connectivity index (χ1n) is 7.26. The monoisotopic (exact) mass is 330 g/mol. The SMILES string of the molecule is CC(c1ccc(Cl)cc1)N(C)C(=O)C1CCCC(N)C1.Cl. The van der Waals surface area contributed by atoms with Crippen LogP contribution in [-0.2, 0) is 4.79 Å². The van der Waals surface area contributed by atoms with Crippen LogP contribution in [0.2, 0.25) is 5.02 Å². The zero-order valence-corrected chi connectivity index (χ0v) is 14.2. The zero-order chi connectivity index (χ0) is 14.7. The van der Waals surface area contributed by atoms with E-state index in [4.69, 9.17) is 17.3 Å². The molecule has 3 unspecified atom stereocenters. The molecule has 1 fully saturated rings. The highest BCUT2D eigenvalue weighted by Crippen LogP contribution is 2.28. The van der Waals surface area contributed by atoms with Crippen LogP contribution in [0.3, 0.4) is 0 Å². The molecule has 118 valence electrons. The van der Waals surface area contributed by atoms with Gasteiger partial charge in [0, 0.05) is 24.0 Å². The first-order chi connectivity index (χ1) is 9.49. The number of hydrogen-bond acceptors (Lipinski definition) is 2. The second-order valence-electron chi connectivity index (χ2n) is 5.80. The van der Waals surface area contributed by atoms with Gasteiger partial charge in [0.25, 0.3) is 0 Å². The minimum absolute atomic E-state index is 0. The summed E-state index contributed by atoms with van der Waals surface area (Å²) in [6.07, 6.45) is 3.88. The van der Waals surface area contributed by atoms with Crippen LogP contribution in [0.1, 0.15) is 44.2 Å². The second kappa shape index (κ2) is 8.02. The standard InChI is InChI=1S/C16H23ClN2O.ClH/c1-11(12-6-8-14(17)9-7-12)19(2)16(20)13-4-3-5-15(18)10-13;/h6-9,11,13,15H,3-5,10,18H2,1-2H3;1H. The van der Waals surface area contributed by atoms with Gasteiger partial charge in [-0.1, -0.05) is 30.2 Å². The van der Waals surface area contributed by atoms with Gasteiger partial charge in [0.15, 0.2) is 0 Å². The van der Waals surface area contributed by atoms with Crippen LogP contribution >= 0.6 is 24.0 Å². The summed E-state index contributed by atoms with van der Waals surface area (Å²) in [5.74, 6) is 0.293. The van der Waals surface area contributed by atoms with Crippen molar-refractivity contribution in [3.05, 3.63) is 34.9 Å². The number of benzene rings is 1. The maximum atomic E-state index is 12.6. The molecular weight excluding hydrogens is 307 g/mol. The summed E-state index contributed by atoms with van der Waals surface area (Å²) in [5.41, 5.74) is 7.08. The van der Waals surface area contributed by atoms with E-state index in [9.17, 15) is 4.79 Å². The van der Waals surface area contributed by atoms with E-state index in [1.54, 1.807) is 0 Å². The lowest BCUT2D eigenvalue weighted by Crippen LogP contribution is -2.39. The largest absolute Gasteiger partial charge is 0.339 e. The maximum Gasteiger partial charge on any atom is 0.225 e. The molecule has 5 heteroatoms. The first kappa shape index (κ1) is 18.3. The molecule has 3 nitrogen and oxygen atoms in total. The number of amides is 1. The van der Waals surface area contributed by atoms with Crippen LogP contribution in [0.25, 0.3) is 0 Å². The quantitative estimate of drug-likeness (QED) is 0.916. The molecule has 0 saturated heterocycles. The topological polar surface area (TPSA) is 46.3 Å². The minimum Gasteiger partial charge on any atom is -0.339 e. The Labute approximate surface area is 138 Å². The Morgan fingerprint density at radius 2 is 1.95 bits per heavy atom. The molecule has 0 aromatic heterocycles. The number of rotatable bonds is 3. The number of carbonyl (C=O) groups excluding carboxylic acids is 1. The Morgan fingerprint density at radius 3 is 2.52 bits per heavy atom. The molecule has 0 spiro atoms. The Balaban J connectivity index is 0.00000220. The van der Waals surface area contributed by atoms with Gasteiger partial charge in [-0.15, -0.1) is 12.4 Å². The van der Waals surface area contributed by atoms with Crippen molar-refractivity contribution in [3.63, 3.8) is 0 Å². The minimum atomic E-state index is 0. The van der Waals surface area contributed by atoms with Gasteiger partial charge in [0.1, 0.15) is 0 Å². The maximum absolute atomic E-state index is 12.6. The highest BCUT2D eigenvalue weighted by atomic mass is 35.5. The third-order valence-electron chi connectivity index (χ3n) is 4.34.